The van der Waals surface area contributed by atoms with Crippen molar-refractivity contribution in [1.29, 1.82) is 0 Å². The maximum Gasteiger partial charge on any atom is 0.414 e. The average molecular weight is 611 g/mol. The second kappa shape index (κ2) is 13.9. The van der Waals surface area contributed by atoms with E-state index in [1.165, 1.54) is 29.2 Å². The topological polar surface area (TPSA) is 149 Å². The van der Waals surface area contributed by atoms with Gasteiger partial charge in [0, 0.05) is 18.7 Å². The SMILES string of the molecule is NCC(=O)OCCCCC(=O)N(C[C@H]1CN(c2ccc(N3CCOCC3=O)cc2F)C(=O)O1)C(=O)c1ccc(Cl)s1. The molecule has 3 heterocycles. The molecule has 0 aliphatic carbocycles. The van der Waals surface area contributed by atoms with Gasteiger partial charge in [0.1, 0.15) is 18.5 Å². The van der Waals surface area contributed by atoms with Crippen LogP contribution in [0.25, 0.3) is 0 Å². The summed E-state index contributed by atoms with van der Waals surface area (Å²) in [5, 5.41) is 0. The zero-order valence-electron chi connectivity index (χ0n) is 21.9. The van der Waals surface area contributed by atoms with E-state index in [1.807, 2.05) is 0 Å². The molecular weight excluding hydrogens is 583 g/mol. The third-order valence-corrected chi connectivity index (χ3v) is 7.54. The minimum absolute atomic E-state index is 0.0360. The molecule has 4 rings (SSSR count). The second-order valence-electron chi connectivity index (χ2n) is 9.15. The fourth-order valence-electron chi connectivity index (χ4n) is 4.31. The lowest BCUT2D eigenvalue weighted by molar-refractivity contribution is -0.142. The van der Waals surface area contributed by atoms with Crippen molar-refractivity contribution in [2.24, 2.45) is 5.73 Å². The maximum absolute atomic E-state index is 15.1. The first-order valence-electron chi connectivity index (χ1n) is 12.8. The van der Waals surface area contributed by atoms with E-state index in [0.717, 1.165) is 27.2 Å². The Morgan fingerprint density at radius 2 is 1.98 bits per heavy atom. The van der Waals surface area contributed by atoms with Crippen molar-refractivity contribution in [2.45, 2.75) is 25.4 Å². The summed E-state index contributed by atoms with van der Waals surface area (Å²) in [4.78, 5) is 66.0. The van der Waals surface area contributed by atoms with Crippen LogP contribution in [0.15, 0.2) is 30.3 Å². The molecule has 4 amide bonds. The van der Waals surface area contributed by atoms with E-state index in [0.29, 0.717) is 29.5 Å². The highest BCUT2D eigenvalue weighted by Gasteiger charge is 2.37. The molecule has 0 spiro atoms. The molecule has 1 aromatic carbocycles. The molecule has 2 N–H and O–H groups in total. The first-order chi connectivity index (χ1) is 19.7. The van der Waals surface area contributed by atoms with Crippen LogP contribution < -0.4 is 15.5 Å². The predicted octanol–water partition coefficient (Wildman–Crippen LogP) is 2.57. The molecule has 12 nitrogen and oxygen atoms in total. The molecule has 220 valence electrons. The molecule has 2 saturated heterocycles. The molecule has 2 aromatic rings. The van der Waals surface area contributed by atoms with Gasteiger partial charge in [0.2, 0.25) is 5.91 Å². The molecule has 15 heteroatoms. The van der Waals surface area contributed by atoms with Gasteiger partial charge in [-0.2, -0.15) is 0 Å². The minimum Gasteiger partial charge on any atom is -0.465 e. The lowest BCUT2D eigenvalue weighted by Gasteiger charge is -2.27. The number of hydrogen-bond acceptors (Lipinski definition) is 10. The van der Waals surface area contributed by atoms with Crippen molar-refractivity contribution in [2.75, 3.05) is 55.8 Å². The monoisotopic (exact) mass is 610 g/mol. The number of anilines is 2. The molecule has 0 bridgehead atoms. The van der Waals surface area contributed by atoms with E-state index in [-0.39, 0.29) is 62.3 Å². The van der Waals surface area contributed by atoms with E-state index in [1.54, 1.807) is 0 Å². The fraction of sp³-hybridized carbons (Fsp3) is 0.423. The Morgan fingerprint density at radius 3 is 2.66 bits per heavy atom. The largest absolute Gasteiger partial charge is 0.465 e. The summed E-state index contributed by atoms with van der Waals surface area (Å²) < 4.78 is 30.9. The number of esters is 1. The van der Waals surface area contributed by atoms with E-state index in [2.05, 4.69) is 0 Å². The Balaban J connectivity index is 1.43. The molecule has 2 aliphatic rings. The van der Waals surface area contributed by atoms with Crippen molar-refractivity contribution in [1.82, 2.24) is 4.90 Å². The highest BCUT2D eigenvalue weighted by Crippen LogP contribution is 2.30. The standard InChI is InChI=1S/C26H28ClFN4O8S/c27-21-7-6-20(41-21)25(36)32(22(33)3-1-2-9-39-24(35)12-29)14-17-13-31(26(37)40-17)19-5-4-16(11-18(19)28)30-8-10-38-15-23(30)34/h4-7,11,17H,1-3,8-10,12-15,29H2/t17-/m1/s1. The average Bonchev–Trinajstić information content (AvgIpc) is 3.55. The first kappa shape index (κ1) is 30.4. The molecule has 1 atom stereocenters. The number of thiophene rings is 1. The van der Waals surface area contributed by atoms with Crippen LogP contribution in [0.4, 0.5) is 20.6 Å². The number of amides is 4. The van der Waals surface area contributed by atoms with Gasteiger partial charge >= 0.3 is 12.1 Å². The van der Waals surface area contributed by atoms with Gasteiger partial charge in [0.15, 0.2) is 0 Å². The van der Waals surface area contributed by atoms with Gasteiger partial charge in [0.05, 0.1) is 47.7 Å². The molecular formula is C26H28ClFN4O8S. The Hall–Kier alpha value is -3.59. The zero-order valence-corrected chi connectivity index (χ0v) is 23.5. The van der Waals surface area contributed by atoms with Gasteiger partial charge in [-0.25, -0.2) is 9.18 Å². The molecule has 1 aromatic heterocycles. The summed E-state index contributed by atoms with van der Waals surface area (Å²) in [6.45, 7) is -0.0557. The summed E-state index contributed by atoms with van der Waals surface area (Å²) in [5.41, 5.74) is 5.46. The molecule has 41 heavy (non-hydrogen) atoms. The highest BCUT2D eigenvalue weighted by atomic mass is 35.5. The van der Waals surface area contributed by atoms with Crippen molar-refractivity contribution in [3.05, 3.63) is 45.4 Å². The molecule has 2 aliphatic heterocycles. The van der Waals surface area contributed by atoms with Gasteiger partial charge < -0.3 is 24.8 Å². The summed E-state index contributed by atoms with van der Waals surface area (Å²) in [5.74, 6) is -2.74. The van der Waals surface area contributed by atoms with E-state index < -0.39 is 35.8 Å². The summed E-state index contributed by atoms with van der Waals surface area (Å²) >= 11 is 6.98. The number of carbonyl (C=O) groups is 5. The lowest BCUT2D eigenvalue weighted by Crippen LogP contribution is -2.43. The molecule has 0 unspecified atom stereocenters. The number of morpholine rings is 1. The zero-order chi connectivity index (χ0) is 29.5. The number of carbonyl (C=O) groups excluding carboxylic acids is 5. The Kier molecular flexibility index (Phi) is 10.3. The predicted molar refractivity (Wildman–Crippen MR) is 146 cm³/mol. The van der Waals surface area contributed by atoms with Crippen LogP contribution in [0, 0.1) is 5.82 Å². The van der Waals surface area contributed by atoms with Gasteiger partial charge in [-0.1, -0.05) is 11.6 Å². The maximum atomic E-state index is 15.1. The van der Waals surface area contributed by atoms with Crippen molar-refractivity contribution < 1.29 is 42.6 Å². The van der Waals surface area contributed by atoms with Crippen LogP contribution in [0.1, 0.15) is 28.9 Å². The van der Waals surface area contributed by atoms with Crippen LogP contribution in [0.2, 0.25) is 4.34 Å². The smallest absolute Gasteiger partial charge is 0.414 e. The van der Waals surface area contributed by atoms with Crippen LogP contribution in [-0.2, 0) is 28.6 Å². The number of cyclic esters (lactones) is 1. The summed E-state index contributed by atoms with van der Waals surface area (Å²) in [7, 11) is 0. The van der Waals surface area contributed by atoms with Crippen LogP contribution >= 0.6 is 22.9 Å². The van der Waals surface area contributed by atoms with Gasteiger partial charge in [-0.15, -0.1) is 11.3 Å². The Morgan fingerprint density at radius 1 is 1.17 bits per heavy atom. The molecule has 0 radical (unpaired) electrons. The number of ether oxygens (including phenoxy) is 3. The number of unbranched alkanes of at least 4 members (excludes halogenated alkanes) is 1. The third kappa shape index (κ3) is 7.58. The van der Waals surface area contributed by atoms with E-state index in [4.69, 9.17) is 31.5 Å². The number of benzene rings is 1. The van der Waals surface area contributed by atoms with Gasteiger partial charge in [0.25, 0.3) is 11.8 Å². The van der Waals surface area contributed by atoms with Crippen molar-refractivity contribution in [3.63, 3.8) is 0 Å². The van der Waals surface area contributed by atoms with Crippen LogP contribution in [-0.4, -0.2) is 86.8 Å². The van der Waals surface area contributed by atoms with Gasteiger partial charge in [-0.05, 0) is 43.2 Å². The second-order valence-corrected chi connectivity index (χ2v) is 10.9. The molecule has 0 saturated carbocycles. The summed E-state index contributed by atoms with van der Waals surface area (Å²) in [6, 6.07) is 7.07. The number of rotatable bonds is 11. The normalized spacial score (nSPS) is 17.0. The van der Waals surface area contributed by atoms with Crippen molar-refractivity contribution >= 4 is 64.1 Å². The van der Waals surface area contributed by atoms with Crippen LogP contribution in [0.5, 0.6) is 0 Å². The lowest BCUT2D eigenvalue weighted by atomic mass is 10.2. The Bertz CT molecular complexity index is 1320. The number of imide groups is 1. The molecule has 2 fully saturated rings. The van der Waals surface area contributed by atoms with Gasteiger partial charge in [-0.3, -0.25) is 29.0 Å². The highest BCUT2D eigenvalue weighted by molar-refractivity contribution is 7.18. The van der Waals surface area contributed by atoms with Crippen molar-refractivity contribution in [3.8, 4) is 0 Å². The first-order valence-corrected chi connectivity index (χ1v) is 14.0. The number of hydrogen-bond donors (Lipinski definition) is 1. The van der Waals surface area contributed by atoms with E-state index in [9.17, 15) is 24.0 Å². The minimum atomic E-state index is -0.934. The Labute approximate surface area is 243 Å². The number of nitrogens with zero attached hydrogens (tertiary/aromatic N) is 3. The number of halogens is 2. The quantitative estimate of drug-likeness (QED) is 0.299. The number of nitrogens with two attached hydrogens (primary N) is 1. The van der Waals surface area contributed by atoms with Crippen LogP contribution in [0.3, 0.4) is 0 Å². The van der Waals surface area contributed by atoms with E-state index >= 15 is 4.39 Å². The third-order valence-electron chi connectivity index (χ3n) is 6.32. The fourth-order valence-corrected chi connectivity index (χ4v) is 5.30. The summed E-state index contributed by atoms with van der Waals surface area (Å²) in [6.07, 6.45) is -1.11.